The molecule has 0 N–H and O–H groups in total. The summed E-state index contributed by atoms with van der Waals surface area (Å²) in [5.41, 5.74) is 0.513. The lowest BCUT2D eigenvalue weighted by atomic mass is 9.83. The van der Waals surface area contributed by atoms with Crippen LogP contribution in [0.25, 0.3) is 0 Å². The lowest BCUT2D eigenvalue weighted by Gasteiger charge is -2.26. The van der Waals surface area contributed by atoms with Gasteiger partial charge in [0.1, 0.15) is 0 Å². The molecule has 0 aromatic rings. The van der Waals surface area contributed by atoms with Crippen molar-refractivity contribution in [1.82, 2.24) is 4.90 Å². The molecule has 1 aliphatic heterocycles. The number of hydrogen-bond acceptors (Lipinski definition) is 1. The maximum absolute atomic E-state index is 3.69. The highest BCUT2D eigenvalue weighted by Gasteiger charge is 2.39. The highest BCUT2D eigenvalue weighted by atomic mass is 79.9. The standard InChI is InChI=1S/C13H24BrN/c1-11-7-15(10-13(11,2)9-14)8-12-5-3-4-6-12/h11-12H,3-10H2,1-2H3. The molecule has 0 bridgehead atoms. The van der Waals surface area contributed by atoms with Crippen LogP contribution in [-0.4, -0.2) is 29.9 Å². The van der Waals surface area contributed by atoms with Gasteiger partial charge in [0, 0.05) is 25.0 Å². The number of rotatable bonds is 3. The fourth-order valence-electron chi connectivity index (χ4n) is 3.21. The van der Waals surface area contributed by atoms with E-state index < -0.39 is 0 Å². The van der Waals surface area contributed by atoms with E-state index in [1.807, 2.05) is 0 Å². The summed E-state index contributed by atoms with van der Waals surface area (Å²) in [6.07, 6.45) is 5.92. The lowest BCUT2D eigenvalue weighted by molar-refractivity contribution is 0.252. The first kappa shape index (κ1) is 11.9. The molecule has 1 nitrogen and oxygen atoms in total. The summed E-state index contributed by atoms with van der Waals surface area (Å²) in [5, 5.41) is 1.16. The third-order valence-corrected chi connectivity index (χ3v) is 5.88. The second-order valence-electron chi connectivity index (χ2n) is 6.03. The molecule has 88 valence electrons. The SMILES string of the molecule is CC1CN(CC2CCCC2)CC1(C)CBr. The van der Waals surface area contributed by atoms with E-state index in [-0.39, 0.29) is 0 Å². The van der Waals surface area contributed by atoms with E-state index in [0.717, 1.165) is 17.2 Å². The average Bonchev–Trinajstić information content (AvgIpc) is 2.78. The lowest BCUT2D eigenvalue weighted by Crippen LogP contribution is -2.30. The predicted molar refractivity (Wildman–Crippen MR) is 69.5 cm³/mol. The summed E-state index contributed by atoms with van der Waals surface area (Å²) in [7, 11) is 0. The van der Waals surface area contributed by atoms with Gasteiger partial charge in [0.15, 0.2) is 0 Å². The van der Waals surface area contributed by atoms with Crippen LogP contribution in [0, 0.1) is 17.3 Å². The highest BCUT2D eigenvalue weighted by molar-refractivity contribution is 9.09. The number of halogens is 1. The summed E-state index contributed by atoms with van der Waals surface area (Å²) >= 11 is 3.69. The molecule has 0 radical (unpaired) electrons. The first-order valence-corrected chi connectivity index (χ1v) is 7.54. The van der Waals surface area contributed by atoms with Crippen molar-refractivity contribution in [2.75, 3.05) is 25.0 Å². The Morgan fingerprint density at radius 3 is 2.53 bits per heavy atom. The van der Waals surface area contributed by atoms with Crippen LogP contribution in [0.3, 0.4) is 0 Å². The molecule has 2 atom stereocenters. The predicted octanol–water partition coefficient (Wildman–Crippen LogP) is 3.53. The first-order valence-electron chi connectivity index (χ1n) is 6.42. The van der Waals surface area contributed by atoms with Crippen LogP contribution in [0.2, 0.25) is 0 Å². The molecule has 1 saturated heterocycles. The Morgan fingerprint density at radius 1 is 1.33 bits per heavy atom. The van der Waals surface area contributed by atoms with Crippen molar-refractivity contribution in [2.45, 2.75) is 39.5 Å². The molecule has 1 saturated carbocycles. The van der Waals surface area contributed by atoms with Gasteiger partial charge in [-0.15, -0.1) is 0 Å². The smallest absolute Gasteiger partial charge is 0.0101 e. The molecular weight excluding hydrogens is 250 g/mol. The largest absolute Gasteiger partial charge is 0.302 e. The van der Waals surface area contributed by atoms with E-state index >= 15 is 0 Å². The summed E-state index contributed by atoms with van der Waals surface area (Å²) in [6.45, 7) is 8.83. The van der Waals surface area contributed by atoms with Crippen molar-refractivity contribution in [2.24, 2.45) is 17.3 Å². The van der Waals surface area contributed by atoms with Gasteiger partial charge in [-0.2, -0.15) is 0 Å². The van der Waals surface area contributed by atoms with E-state index in [1.54, 1.807) is 0 Å². The topological polar surface area (TPSA) is 3.24 Å². The van der Waals surface area contributed by atoms with Crippen molar-refractivity contribution in [3.63, 3.8) is 0 Å². The fraction of sp³-hybridized carbons (Fsp3) is 1.00. The van der Waals surface area contributed by atoms with Gasteiger partial charge in [-0.3, -0.25) is 0 Å². The van der Waals surface area contributed by atoms with Gasteiger partial charge < -0.3 is 4.90 Å². The molecule has 0 aromatic carbocycles. The molecule has 2 fully saturated rings. The summed E-state index contributed by atoms with van der Waals surface area (Å²) in [5.74, 6) is 1.85. The number of nitrogens with zero attached hydrogens (tertiary/aromatic N) is 1. The van der Waals surface area contributed by atoms with Crippen molar-refractivity contribution in [3.05, 3.63) is 0 Å². The quantitative estimate of drug-likeness (QED) is 0.712. The zero-order valence-corrected chi connectivity index (χ0v) is 11.7. The van der Waals surface area contributed by atoms with Crippen molar-refractivity contribution in [3.8, 4) is 0 Å². The van der Waals surface area contributed by atoms with E-state index in [2.05, 4.69) is 34.7 Å². The third kappa shape index (κ3) is 2.58. The van der Waals surface area contributed by atoms with Crippen LogP contribution in [-0.2, 0) is 0 Å². The fourth-order valence-corrected chi connectivity index (χ4v) is 3.94. The minimum absolute atomic E-state index is 0.513. The van der Waals surface area contributed by atoms with E-state index in [4.69, 9.17) is 0 Å². The van der Waals surface area contributed by atoms with Crippen LogP contribution < -0.4 is 0 Å². The molecule has 2 rings (SSSR count). The monoisotopic (exact) mass is 273 g/mol. The average molecular weight is 274 g/mol. The number of hydrogen-bond donors (Lipinski definition) is 0. The zero-order valence-electron chi connectivity index (χ0n) is 10.1. The maximum atomic E-state index is 3.69. The second kappa shape index (κ2) is 4.75. The molecule has 2 aliphatic rings. The van der Waals surface area contributed by atoms with Gasteiger partial charge in [0.2, 0.25) is 0 Å². The minimum atomic E-state index is 0.513. The zero-order chi connectivity index (χ0) is 10.9. The molecule has 2 unspecified atom stereocenters. The van der Waals surface area contributed by atoms with Gasteiger partial charge in [-0.05, 0) is 30.1 Å². The molecule has 1 heterocycles. The second-order valence-corrected chi connectivity index (χ2v) is 6.59. The Labute approximate surface area is 103 Å². The van der Waals surface area contributed by atoms with Gasteiger partial charge in [0.25, 0.3) is 0 Å². The van der Waals surface area contributed by atoms with Crippen LogP contribution >= 0.6 is 15.9 Å². The van der Waals surface area contributed by atoms with Crippen molar-refractivity contribution in [1.29, 1.82) is 0 Å². The highest BCUT2D eigenvalue weighted by Crippen LogP contribution is 2.38. The van der Waals surface area contributed by atoms with Crippen LogP contribution in [0.4, 0.5) is 0 Å². The Bertz CT molecular complexity index is 213. The Kier molecular flexibility index (Phi) is 3.77. The summed E-state index contributed by atoms with van der Waals surface area (Å²) in [6, 6.07) is 0. The molecular formula is C13H24BrN. The van der Waals surface area contributed by atoms with Crippen LogP contribution in [0.15, 0.2) is 0 Å². The van der Waals surface area contributed by atoms with Gasteiger partial charge in [-0.1, -0.05) is 42.6 Å². The van der Waals surface area contributed by atoms with Crippen molar-refractivity contribution < 1.29 is 0 Å². The Balaban J connectivity index is 1.85. The Morgan fingerprint density at radius 2 is 2.00 bits per heavy atom. The Hall–Kier alpha value is 0.440. The van der Waals surface area contributed by atoms with E-state index in [0.29, 0.717) is 5.41 Å². The van der Waals surface area contributed by atoms with E-state index in [1.165, 1.54) is 45.3 Å². The van der Waals surface area contributed by atoms with Crippen LogP contribution in [0.1, 0.15) is 39.5 Å². The normalized spacial score (nSPS) is 39.0. The molecule has 1 aliphatic carbocycles. The number of alkyl halides is 1. The third-order valence-electron chi connectivity index (χ3n) is 4.60. The molecule has 0 amide bonds. The van der Waals surface area contributed by atoms with Gasteiger partial charge in [0.05, 0.1) is 0 Å². The van der Waals surface area contributed by atoms with Gasteiger partial charge in [-0.25, -0.2) is 0 Å². The number of likely N-dealkylation sites (tertiary alicyclic amines) is 1. The maximum Gasteiger partial charge on any atom is 0.0101 e. The first-order chi connectivity index (χ1) is 7.14. The molecule has 0 aromatic heterocycles. The van der Waals surface area contributed by atoms with Crippen LogP contribution in [0.5, 0.6) is 0 Å². The molecule has 2 heteroatoms. The van der Waals surface area contributed by atoms with E-state index in [9.17, 15) is 0 Å². The summed E-state index contributed by atoms with van der Waals surface area (Å²) < 4.78 is 0. The molecule has 15 heavy (non-hydrogen) atoms. The summed E-state index contributed by atoms with van der Waals surface area (Å²) in [4.78, 5) is 2.71. The minimum Gasteiger partial charge on any atom is -0.302 e. The molecule has 0 spiro atoms. The van der Waals surface area contributed by atoms with Gasteiger partial charge >= 0.3 is 0 Å². The van der Waals surface area contributed by atoms with Crippen molar-refractivity contribution >= 4 is 15.9 Å².